The first-order valence-electron chi connectivity index (χ1n) is 7.33. The number of carboxylic acids is 1. The minimum absolute atomic E-state index is 0.203. The standard InChI is InChI=1S/C18H18BrNO4/c1-11-3-4-13(9-15(11)19)18(23)20-16(10-17(21)22)12-5-7-14(24-2)8-6-12/h3-9,16H,10H2,1-2H3,(H,20,23)(H,21,22)/t16-/m1/s1. The summed E-state index contributed by atoms with van der Waals surface area (Å²) in [7, 11) is 1.56. The average Bonchev–Trinajstić information content (AvgIpc) is 2.56. The minimum atomic E-state index is -0.985. The maximum absolute atomic E-state index is 12.4. The Morgan fingerprint density at radius 1 is 1.21 bits per heavy atom. The quantitative estimate of drug-likeness (QED) is 0.786. The van der Waals surface area contributed by atoms with Crippen molar-refractivity contribution >= 4 is 27.8 Å². The second-order valence-corrected chi connectivity index (χ2v) is 6.22. The highest BCUT2D eigenvalue weighted by molar-refractivity contribution is 9.10. The number of amides is 1. The van der Waals surface area contributed by atoms with Crippen LogP contribution in [0.2, 0.25) is 0 Å². The molecule has 1 atom stereocenters. The van der Waals surface area contributed by atoms with Crippen LogP contribution in [0.1, 0.15) is 33.9 Å². The Morgan fingerprint density at radius 2 is 1.88 bits per heavy atom. The molecule has 0 saturated heterocycles. The van der Waals surface area contributed by atoms with Gasteiger partial charge in [-0.1, -0.05) is 34.1 Å². The third-order valence-electron chi connectivity index (χ3n) is 3.64. The second-order valence-electron chi connectivity index (χ2n) is 5.36. The van der Waals surface area contributed by atoms with Gasteiger partial charge >= 0.3 is 5.97 Å². The number of hydrogen-bond donors (Lipinski definition) is 2. The van der Waals surface area contributed by atoms with Gasteiger partial charge in [0.25, 0.3) is 5.91 Å². The number of ether oxygens (including phenoxy) is 1. The highest BCUT2D eigenvalue weighted by atomic mass is 79.9. The molecule has 0 heterocycles. The van der Waals surface area contributed by atoms with Crippen molar-refractivity contribution in [2.75, 3.05) is 7.11 Å². The van der Waals surface area contributed by atoms with Crippen LogP contribution in [0.15, 0.2) is 46.9 Å². The smallest absolute Gasteiger partial charge is 0.305 e. The van der Waals surface area contributed by atoms with Crippen molar-refractivity contribution in [1.29, 1.82) is 0 Å². The number of halogens is 1. The van der Waals surface area contributed by atoms with Gasteiger partial charge in [0.2, 0.25) is 0 Å². The van der Waals surface area contributed by atoms with E-state index >= 15 is 0 Å². The number of hydrogen-bond acceptors (Lipinski definition) is 3. The molecule has 0 saturated carbocycles. The van der Waals surface area contributed by atoms with E-state index in [2.05, 4.69) is 21.2 Å². The third kappa shape index (κ3) is 4.58. The Bertz CT molecular complexity index is 743. The molecule has 24 heavy (non-hydrogen) atoms. The van der Waals surface area contributed by atoms with E-state index in [9.17, 15) is 9.59 Å². The molecule has 0 spiro atoms. The molecule has 0 aromatic heterocycles. The minimum Gasteiger partial charge on any atom is -0.497 e. The van der Waals surface area contributed by atoms with E-state index in [1.165, 1.54) is 0 Å². The summed E-state index contributed by atoms with van der Waals surface area (Å²) in [5.74, 6) is -0.638. The molecule has 2 aromatic carbocycles. The van der Waals surface area contributed by atoms with Crippen LogP contribution in [0.4, 0.5) is 0 Å². The highest BCUT2D eigenvalue weighted by Crippen LogP contribution is 2.22. The number of carboxylic acid groups (broad SMARTS) is 1. The molecule has 0 aliphatic rings. The van der Waals surface area contributed by atoms with Gasteiger partial charge in [-0.2, -0.15) is 0 Å². The van der Waals surface area contributed by atoms with Crippen LogP contribution in [0, 0.1) is 6.92 Å². The molecule has 2 N–H and O–H groups in total. The Labute approximate surface area is 148 Å². The number of carbonyl (C=O) groups is 2. The lowest BCUT2D eigenvalue weighted by Crippen LogP contribution is -2.30. The lowest BCUT2D eigenvalue weighted by Gasteiger charge is -2.18. The first-order chi connectivity index (χ1) is 11.4. The fourth-order valence-electron chi connectivity index (χ4n) is 2.24. The summed E-state index contributed by atoms with van der Waals surface area (Å²) in [5, 5.41) is 11.9. The van der Waals surface area contributed by atoms with Gasteiger partial charge in [0.05, 0.1) is 19.6 Å². The molecule has 0 radical (unpaired) electrons. The SMILES string of the molecule is COc1ccc([C@@H](CC(=O)O)NC(=O)c2ccc(C)c(Br)c2)cc1. The Hall–Kier alpha value is -2.34. The topological polar surface area (TPSA) is 75.6 Å². The molecule has 2 aromatic rings. The van der Waals surface area contributed by atoms with Gasteiger partial charge in [-0.15, -0.1) is 0 Å². The molecule has 1 amide bonds. The van der Waals surface area contributed by atoms with E-state index in [1.807, 2.05) is 13.0 Å². The van der Waals surface area contributed by atoms with Crippen molar-refractivity contribution in [1.82, 2.24) is 5.32 Å². The lowest BCUT2D eigenvalue weighted by atomic mass is 10.0. The molecule has 5 nitrogen and oxygen atoms in total. The van der Waals surface area contributed by atoms with E-state index in [0.717, 1.165) is 10.0 Å². The predicted octanol–water partition coefficient (Wildman–Crippen LogP) is 3.71. The number of rotatable bonds is 6. The number of methoxy groups -OCH3 is 1. The van der Waals surface area contributed by atoms with Crippen LogP contribution in [0.3, 0.4) is 0 Å². The molecular formula is C18H18BrNO4. The van der Waals surface area contributed by atoms with Crippen LogP contribution in [-0.4, -0.2) is 24.1 Å². The van der Waals surface area contributed by atoms with Crippen LogP contribution in [-0.2, 0) is 4.79 Å². The van der Waals surface area contributed by atoms with E-state index in [-0.39, 0.29) is 12.3 Å². The first kappa shape index (κ1) is 18.0. The molecular weight excluding hydrogens is 374 g/mol. The highest BCUT2D eigenvalue weighted by Gasteiger charge is 2.19. The molecule has 126 valence electrons. The molecule has 2 rings (SSSR count). The Balaban J connectivity index is 2.22. The van der Waals surface area contributed by atoms with Gasteiger partial charge in [0.15, 0.2) is 0 Å². The molecule has 0 bridgehead atoms. The largest absolute Gasteiger partial charge is 0.497 e. The van der Waals surface area contributed by atoms with Gasteiger partial charge < -0.3 is 15.2 Å². The van der Waals surface area contributed by atoms with E-state index in [4.69, 9.17) is 9.84 Å². The van der Waals surface area contributed by atoms with Crippen molar-refractivity contribution < 1.29 is 19.4 Å². The second kappa shape index (κ2) is 7.97. The van der Waals surface area contributed by atoms with E-state index in [0.29, 0.717) is 16.9 Å². The van der Waals surface area contributed by atoms with Crippen LogP contribution < -0.4 is 10.1 Å². The number of carbonyl (C=O) groups excluding carboxylic acids is 1. The lowest BCUT2D eigenvalue weighted by molar-refractivity contribution is -0.137. The number of aryl methyl sites for hydroxylation is 1. The van der Waals surface area contributed by atoms with E-state index in [1.54, 1.807) is 43.5 Å². The monoisotopic (exact) mass is 391 g/mol. The summed E-state index contributed by atoms with van der Waals surface area (Å²) >= 11 is 3.39. The van der Waals surface area contributed by atoms with Crippen LogP contribution in [0.5, 0.6) is 5.75 Å². The predicted molar refractivity (Wildman–Crippen MR) is 94.3 cm³/mol. The number of nitrogens with one attached hydrogen (secondary N) is 1. The van der Waals surface area contributed by atoms with Gasteiger partial charge in [-0.25, -0.2) is 0 Å². The van der Waals surface area contributed by atoms with Gasteiger partial charge in [0.1, 0.15) is 5.75 Å². The summed E-state index contributed by atoms with van der Waals surface area (Å²) in [6, 6.07) is 11.6. The van der Waals surface area contributed by atoms with Gasteiger partial charge in [-0.3, -0.25) is 9.59 Å². The van der Waals surface area contributed by atoms with Crippen molar-refractivity contribution in [2.24, 2.45) is 0 Å². The van der Waals surface area contributed by atoms with Crippen LogP contribution >= 0.6 is 15.9 Å². The van der Waals surface area contributed by atoms with Gasteiger partial charge in [0, 0.05) is 10.0 Å². The maximum atomic E-state index is 12.4. The summed E-state index contributed by atoms with van der Waals surface area (Å²) in [6.45, 7) is 1.93. The maximum Gasteiger partial charge on any atom is 0.305 e. The average molecular weight is 392 g/mol. The van der Waals surface area contributed by atoms with E-state index < -0.39 is 12.0 Å². The van der Waals surface area contributed by atoms with Crippen molar-refractivity contribution in [3.05, 3.63) is 63.6 Å². The molecule has 0 aliphatic carbocycles. The molecule has 0 aliphatic heterocycles. The zero-order valence-electron chi connectivity index (χ0n) is 13.4. The van der Waals surface area contributed by atoms with Gasteiger partial charge in [-0.05, 0) is 42.3 Å². The summed E-state index contributed by atoms with van der Waals surface area (Å²) in [5.41, 5.74) is 2.19. The normalized spacial score (nSPS) is 11.6. The Morgan fingerprint density at radius 3 is 2.42 bits per heavy atom. The zero-order valence-corrected chi connectivity index (χ0v) is 15.0. The van der Waals surface area contributed by atoms with Crippen molar-refractivity contribution in [2.45, 2.75) is 19.4 Å². The third-order valence-corrected chi connectivity index (χ3v) is 4.49. The van der Waals surface area contributed by atoms with Crippen molar-refractivity contribution in [3.8, 4) is 5.75 Å². The molecule has 0 unspecified atom stereocenters. The fourth-order valence-corrected chi connectivity index (χ4v) is 2.62. The summed E-state index contributed by atoms with van der Waals surface area (Å²) in [4.78, 5) is 23.6. The van der Waals surface area contributed by atoms with Crippen LogP contribution in [0.25, 0.3) is 0 Å². The summed E-state index contributed by atoms with van der Waals surface area (Å²) < 4.78 is 5.92. The molecule has 0 fully saturated rings. The first-order valence-corrected chi connectivity index (χ1v) is 8.12. The number of aliphatic carboxylic acids is 1. The van der Waals surface area contributed by atoms with Crippen molar-refractivity contribution in [3.63, 3.8) is 0 Å². The molecule has 6 heteroatoms. The zero-order chi connectivity index (χ0) is 17.7. The fraction of sp³-hybridized carbons (Fsp3) is 0.222. The number of benzene rings is 2. The Kier molecular flexibility index (Phi) is 5.98. The summed E-state index contributed by atoms with van der Waals surface area (Å²) in [6.07, 6.45) is -0.203.